The van der Waals surface area contributed by atoms with Gasteiger partial charge in [0.2, 0.25) is 0 Å². The van der Waals surface area contributed by atoms with Crippen molar-refractivity contribution in [2.45, 2.75) is 39.2 Å². The monoisotopic (exact) mass is 437 g/mol. The predicted molar refractivity (Wildman–Crippen MR) is 124 cm³/mol. The maximum Gasteiger partial charge on any atom is 0.295 e. The fraction of sp³-hybridized carbons (Fsp3) is 0.385. The molecule has 1 aliphatic rings. The molecule has 1 unspecified atom stereocenters. The summed E-state index contributed by atoms with van der Waals surface area (Å²) in [5.74, 6) is -1.17. The summed E-state index contributed by atoms with van der Waals surface area (Å²) in [6.07, 6.45) is 0. The lowest BCUT2D eigenvalue weighted by Gasteiger charge is -2.26. The number of hydrogen-bond donors (Lipinski definition) is 1. The summed E-state index contributed by atoms with van der Waals surface area (Å²) < 4.78 is 10.7. The fourth-order valence-electron chi connectivity index (χ4n) is 4.02. The molecular weight excluding hydrogens is 406 g/mol. The molecule has 1 fully saturated rings. The quantitative estimate of drug-likeness (QED) is 0.413. The molecule has 1 saturated heterocycles. The topological polar surface area (TPSA) is 76.1 Å². The van der Waals surface area contributed by atoms with Crippen molar-refractivity contribution in [3.05, 3.63) is 70.3 Å². The Morgan fingerprint density at radius 2 is 1.78 bits per heavy atom. The Labute approximate surface area is 189 Å². The van der Waals surface area contributed by atoms with Gasteiger partial charge in [0.05, 0.1) is 30.9 Å². The molecule has 0 saturated carbocycles. The highest BCUT2D eigenvalue weighted by Gasteiger charge is 2.46. The number of methoxy groups -OCH3 is 2. The molecule has 0 radical (unpaired) electrons. The molecule has 1 atom stereocenters. The van der Waals surface area contributed by atoms with Crippen LogP contribution < -0.4 is 4.74 Å². The van der Waals surface area contributed by atoms with Crippen LogP contribution in [-0.4, -0.2) is 49.1 Å². The number of carbonyl (C=O) groups is 2. The van der Waals surface area contributed by atoms with Crippen LogP contribution in [0, 0.1) is 6.92 Å². The summed E-state index contributed by atoms with van der Waals surface area (Å²) in [4.78, 5) is 27.6. The summed E-state index contributed by atoms with van der Waals surface area (Å²) in [6.45, 7) is 8.63. The van der Waals surface area contributed by atoms with Crippen LogP contribution in [-0.2, 0) is 19.7 Å². The number of ether oxygens (including phenoxy) is 2. The van der Waals surface area contributed by atoms with Crippen molar-refractivity contribution < 1.29 is 24.2 Å². The normalized spacial score (nSPS) is 18.3. The molecule has 32 heavy (non-hydrogen) atoms. The highest BCUT2D eigenvalue weighted by atomic mass is 16.5. The van der Waals surface area contributed by atoms with Gasteiger partial charge in [-0.3, -0.25) is 9.59 Å². The largest absolute Gasteiger partial charge is 0.507 e. The molecule has 6 nitrogen and oxygen atoms in total. The Balaban J connectivity index is 2.28. The van der Waals surface area contributed by atoms with Crippen LogP contribution in [0.3, 0.4) is 0 Å². The number of likely N-dealkylation sites (tertiary alicyclic amines) is 1. The molecule has 2 aromatic carbocycles. The van der Waals surface area contributed by atoms with E-state index >= 15 is 0 Å². The van der Waals surface area contributed by atoms with E-state index < -0.39 is 17.7 Å². The standard InChI is InChI=1S/C26H31NO5/c1-16-9-7-8-10-18(16)22-21(24(29)25(30)27(22)13-14-31-5)23(28)19-15-17(26(2,3)4)11-12-20(19)32-6/h7-12,15,22,28H,13-14H2,1-6H3/b23-21+. The molecule has 2 aromatic rings. The van der Waals surface area contributed by atoms with E-state index in [9.17, 15) is 14.7 Å². The third-order valence-electron chi connectivity index (χ3n) is 5.88. The van der Waals surface area contributed by atoms with Gasteiger partial charge in [0.25, 0.3) is 11.7 Å². The molecule has 1 aliphatic heterocycles. The first-order valence-corrected chi connectivity index (χ1v) is 10.6. The van der Waals surface area contributed by atoms with Gasteiger partial charge >= 0.3 is 0 Å². The third kappa shape index (κ3) is 4.28. The van der Waals surface area contributed by atoms with Gasteiger partial charge in [0.1, 0.15) is 11.5 Å². The number of aliphatic hydroxyl groups is 1. The molecule has 6 heteroatoms. The average molecular weight is 438 g/mol. The number of amides is 1. The van der Waals surface area contributed by atoms with Crippen LogP contribution in [0.25, 0.3) is 5.76 Å². The number of rotatable bonds is 6. The molecule has 3 rings (SSSR count). The molecular formula is C26H31NO5. The van der Waals surface area contributed by atoms with E-state index in [4.69, 9.17) is 9.47 Å². The summed E-state index contributed by atoms with van der Waals surface area (Å²) in [7, 11) is 3.06. The highest BCUT2D eigenvalue weighted by Crippen LogP contribution is 2.42. The Bertz CT molecular complexity index is 1060. The van der Waals surface area contributed by atoms with E-state index in [2.05, 4.69) is 20.8 Å². The van der Waals surface area contributed by atoms with Crippen LogP contribution in [0.1, 0.15) is 49.1 Å². The van der Waals surface area contributed by atoms with Crippen molar-refractivity contribution in [2.24, 2.45) is 0 Å². The van der Waals surface area contributed by atoms with Crippen molar-refractivity contribution >= 4 is 17.4 Å². The van der Waals surface area contributed by atoms with Gasteiger partial charge in [0, 0.05) is 13.7 Å². The Hall–Kier alpha value is -3.12. The predicted octanol–water partition coefficient (Wildman–Crippen LogP) is 4.37. The minimum Gasteiger partial charge on any atom is -0.507 e. The Morgan fingerprint density at radius 1 is 1.09 bits per heavy atom. The number of carbonyl (C=O) groups excluding carboxylic acids is 2. The van der Waals surface area contributed by atoms with E-state index in [0.717, 1.165) is 16.7 Å². The number of aliphatic hydroxyl groups excluding tert-OH is 1. The molecule has 170 valence electrons. The lowest BCUT2D eigenvalue weighted by Crippen LogP contribution is -2.33. The zero-order valence-electron chi connectivity index (χ0n) is 19.6. The molecule has 1 N–H and O–H groups in total. The number of Topliss-reactive ketones (excluding diaryl/α,β-unsaturated/α-hetero) is 1. The maximum absolute atomic E-state index is 13.2. The second kappa shape index (κ2) is 9.17. The van der Waals surface area contributed by atoms with Crippen LogP contribution in [0.4, 0.5) is 0 Å². The van der Waals surface area contributed by atoms with Crippen molar-refractivity contribution in [1.82, 2.24) is 4.90 Å². The first-order chi connectivity index (χ1) is 15.1. The van der Waals surface area contributed by atoms with Gasteiger partial charge in [-0.2, -0.15) is 0 Å². The van der Waals surface area contributed by atoms with Crippen LogP contribution in [0.5, 0.6) is 5.75 Å². The van der Waals surface area contributed by atoms with Crippen LogP contribution in [0.15, 0.2) is 48.0 Å². The van der Waals surface area contributed by atoms with Crippen molar-refractivity contribution in [3.8, 4) is 5.75 Å². The van der Waals surface area contributed by atoms with Crippen molar-refractivity contribution in [2.75, 3.05) is 27.4 Å². The molecule has 0 spiro atoms. The second-order valence-electron chi connectivity index (χ2n) is 9.01. The number of aryl methyl sites for hydroxylation is 1. The molecule has 0 bridgehead atoms. The Morgan fingerprint density at radius 3 is 2.38 bits per heavy atom. The van der Waals surface area contributed by atoms with Gasteiger partial charge in [-0.05, 0) is 41.2 Å². The zero-order chi connectivity index (χ0) is 23.6. The van der Waals surface area contributed by atoms with Crippen LogP contribution >= 0.6 is 0 Å². The number of nitrogens with zero attached hydrogens (tertiary/aromatic N) is 1. The van der Waals surface area contributed by atoms with Crippen molar-refractivity contribution in [3.63, 3.8) is 0 Å². The second-order valence-corrected chi connectivity index (χ2v) is 9.01. The van der Waals surface area contributed by atoms with E-state index in [0.29, 0.717) is 11.3 Å². The van der Waals surface area contributed by atoms with Gasteiger partial charge < -0.3 is 19.5 Å². The lowest BCUT2D eigenvalue weighted by atomic mass is 9.85. The van der Waals surface area contributed by atoms with E-state index in [1.807, 2.05) is 43.3 Å². The minimum absolute atomic E-state index is 0.0600. The SMILES string of the molecule is COCCN1C(=O)C(=O)/C(=C(/O)c2cc(C(C)(C)C)ccc2OC)C1c1ccccc1C. The highest BCUT2D eigenvalue weighted by molar-refractivity contribution is 6.46. The number of benzene rings is 2. The number of ketones is 1. The molecule has 0 aromatic heterocycles. The minimum atomic E-state index is -0.714. The van der Waals surface area contributed by atoms with E-state index in [1.54, 1.807) is 13.2 Å². The Kier molecular flexibility index (Phi) is 6.74. The van der Waals surface area contributed by atoms with Gasteiger partial charge in [-0.1, -0.05) is 51.1 Å². The lowest BCUT2D eigenvalue weighted by molar-refractivity contribution is -0.140. The van der Waals surface area contributed by atoms with Gasteiger partial charge in [-0.25, -0.2) is 0 Å². The maximum atomic E-state index is 13.2. The first kappa shape index (κ1) is 23.5. The third-order valence-corrected chi connectivity index (χ3v) is 5.88. The van der Waals surface area contributed by atoms with E-state index in [-0.39, 0.29) is 29.9 Å². The smallest absolute Gasteiger partial charge is 0.295 e. The summed E-state index contributed by atoms with van der Waals surface area (Å²) in [5.41, 5.74) is 2.95. The van der Waals surface area contributed by atoms with Gasteiger partial charge in [-0.15, -0.1) is 0 Å². The fourth-order valence-corrected chi connectivity index (χ4v) is 4.02. The zero-order valence-corrected chi connectivity index (χ0v) is 19.6. The molecule has 1 heterocycles. The molecule has 1 amide bonds. The molecule has 0 aliphatic carbocycles. The van der Waals surface area contributed by atoms with Crippen LogP contribution in [0.2, 0.25) is 0 Å². The summed E-state index contributed by atoms with van der Waals surface area (Å²) in [6, 6.07) is 12.4. The van der Waals surface area contributed by atoms with Gasteiger partial charge in [0.15, 0.2) is 0 Å². The summed E-state index contributed by atoms with van der Waals surface area (Å²) in [5, 5.41) is 11.4. The first-order valence-electron chi connectivity index (χ1n) is 10.6. The summed E-state index contributed by atoms with van der Waals surface area (Å²) >= 11 is 0. The number of hydrogen-bond acceptors (Lipinski definition) is 5. The average Bonchev–Trinajstić information content (AvgIpc) is 3.01. The van der Waals surface area contributed by atoms with E-state index in [1.165, 1.54) is 12.0 Å². The van der Waals surface area contributed by atoms with Crippen molar-refractivity contribution in [1.29, 1.82) is 0 Å².